The van der Waals surface area contributed by atoms with E-state index in [1.165, 1.54) is 7.11 Å². The van der Waals surface area contributed by atoms with Crippen LogP contribution in [0.25, 0.3) is 0 Å². The van der Waals surface area contributed by atoms with Crippen molar-refractivity contribution in [2.45, 2.75) is 38.4 Å². The second-order valence-electron chi connectivity index (χ2n) is 7.95. The monoisotopic (exact) mass is 425 g/mol. The predicted molar refractivity (Wildman–Crippen MR) is 119 cm³/mol. The summed E-state index contributed by atoms with van der Waals surface area (Å²) >= 11 is 0. The molecule has 0 spiro atoms. The van der Waals surface area contributed by atoms with E-state index in [2.05, 4.69) is 10.6 Å². The second kappa shape index (κ2) is 11.4. The fourth-order valence-corrected chi connectivity index (χ4v) is 3.33. The van der Waals surface area contributed by atoms with Crippen LogP contribution in [-0.4, -0.2) is 43.0 Å². The lowest BCUT2D eigenvalue weighted by Gasteiger charge is -2.32. The van der Waals surface area contributed by atoms with Crippen LogP contribution in [0.4, 0.5) is 0 Å². The molecule has 31 heavy (non-hydrogen) atoms. The summed E-state index contributed by atoms with van der Waals surface area (Å²) in [6.07, 6.45) is 0.542. The van der Waals surface area contributed by atoms with E-state index < -0.39 is 23.6 Å². The van der Waals surface area contributed by atoms with Gasteiger partial charge in [-0.3, -0.25) is 14.9 Å². The maximum absolute atomic E-state index is 13.2. The highest BCUT2D eigenvalue weighted by molar-refractivity contribution is 5.98. The van der Waals surface area contributed by atoms with E-state index >= 15 is 0 Å². The van der Waals surface area contributed by atoms with Crippen molar-refractivity contribution in [3.05, 3.63) is 71.8 Å². The second-order valence-corrected chi connectivity index (χ2v) is 7.95. The first-order valence-electron chi connectivity index (χ1n) is 10.3. The quantitative estimate of drug-likeness (QED) is 0.289. The van der Waals surface area contributed by atoms with E-state index in [-0.39, 0.29) is 31.1 Å². The molecule has 0 aromatic heterocycles. The molecule has 0 aliphatic carbocycles. The van der Waals surface area contributed by atoms with Crippen LogP contribution in [0.2, 0.25) is 0 Å². The summed E-state index contributed by atoms with van der Waals surface area (Å²) in [5, 5.41) is 5.63. The molecule has 0 aliphatic rings. The molecule has 166 valence electrons. The number of carbonyl (C=O) groups is 3. The van der Waals surface area contributed by atoms with Crippen LogP contribution in [0.15, 0.2) is 60.7 Å². The first kappa shape index (κ1) is 24.2. The lowest BCUT2D eigenvalue weighted by molar-refractivity contribution is -0.146. The van der Waals surface area contributed by atoms with Crippen LogP contribution in [0.1, 0.15) is 36.2 Å². The summed E-state index contributed by atoms with van der Waals surface area (Å²) in [6, 6.07) is 17.2. The van der Waals surface area contributed by atoms with Gasteiger partial charge in [0.1, 0.15) is 11.7 Å². The molecule has 0 saturated carbocycles. The number of amides is 1. The number of hydrogen-bond donors (Lipinski definition) is 3. The van der Waals surface area contributed by atoms with E-state index in [4.69, 9.17) is 10.5 Å². The minimum absolute atomic E-state index is 0.0702. The molecule has 4 N–H and O–H groups in total. The van der Waals surface area contributed by atoms with Crippen LogP contribution in [-0.2, 0) is 20.7 Å². The number of benzene rings is 2. The van der Waals surface area contributed by atoms with Gasteiger partial charge in [0.25, 0.3) is 5.91 Å². The number of methoxy groups -OCH3 is 1. The first-order valence-corrected chi connectivity index (χ1v) is 10.3. The zero-order valence-electron chi connectivity index (χ0n) is 18.3. The van der Waals surface area contributed by atoms with Gasteiger partial charge in [-0.2, -0.15) is 0 Å². The van der Waals surface area contributed by atoms with Gasteiger partial charge in [-0.1, -0.05) is 74.5 Å². The lowest BCUT2D eigenvalue weighted by atomic mass is 9.95. The zero-order chi connectivity index (χ0) is 22.9. The number of rotatable bonds is 11. The number of nitrogens with two attached hydrogens (primary N) is 1. The SMILES string of the molecule is COC(=O)C(Cc1ccccc1)NC(=O)C(N)(CC(C)C)NCC(=O)c1ccccc1. The Balaban J connectivity index is 2.14. The first-order chi connectivity index (χ1) is 14.7. The molecule has 0 radical (unpaired) electrons. The molecule has 2 atom stereocenters. The summed E-state index contributed by atoms with van der Waals surface area (Å²) in [6.45, 7) is 3.75. The van der Waals surface area contributed by atoms with Crippen molar-refractivity contribution in [2.75, 3.05) is 13.7 Å². The molecule has 2 aromatic rings. The minimum Gasteiger partial charge on any atom is -0.467 e. The molecule has 0 heterocycles. The molecule has 7 nitrogen and oxygen atoms in total. The molecule has 0 bridgehead atoms. The third-order valence-corrected chi connectivity index (χ3v) is 4.87. The maximum Gasteiger partial charge on any atom is 0.328 e. The normalized spacial score (nSPS) is 13.8. The van der Waals surface area contributed by atoms with Gasteiger partial charge in [-0.25, -0.2) is 4.79 Å². The molecule has 1 amide bonds. The Morgan fingerprint density at radius 3 is 2.13 bits per heavy atom. The van der Waals surface area contributed by atoms with Crippen LogP contribution < -0.4 is 16.4 Å². The van der Waals surface area contributed by atoms with Gasteiger partial charge < -0.3 is 15.8 Å². The van der Waals surface area contributed by atoms with E-state index in [0.29, 0.717) is 5.56 Å². The Labute approximate surface area is 183 Å². The maximum atomic E-state index is 13.2. The van der Waals surface area contributed by atoms with Crippen molar-refractivity contribution in [1.29, 1.82) is 0 Å². The van der Waals surface area contributed by atoms with Gasteiger partial charge >= 0.3 is 5.97 Å². The smallest absolute Gasteiger partial charge is 0.328 e. The molecule has 0 saturated heterocycles. The Bertz CT molecular complexity index is 871. The van der Waals surface area contributed by atoms with Gasteiger partial charge in [0, 0.05) is 12.0 Å². The van der Waals surface area contributed by atoms with Crippen molar-refractivity contribution < 1.29 is 19.1 Å². The van der Waals surface area contributed by atoms with Crippen molar-refractivity contribution in [3.63, 3.8) is 0 Å². The van der Waals surface area contributed by atoms with E-state index in [1.54, 1.807) is 24.3 Å². The number of Topliss-reactive ketones (excluding diaryl/α,β-unsaturated/α-hetero) is 1. The number of ether oxygens (including phenoxy) is 1. The Morgan fingerprint density at radius 2 is 1.58 bits per heavy atom. The third kappa shape index (κ3) is 7.31. The van der Waals surface area contributed by atoms with Crippen LogP contribution >= 0.6 is 0 Å². The number of nitrogens with one attached hydrogen (secondary N) is 2. The fourth-order valence-electron chi connectivity index (χ4n) is 3.33. The topological polar surface area (TPSA) is 111 Å². The van der Waals surface area contributed by atoms with Crippen molar-refractivity contribution in [2.24, 2.45) is 11.7 Å². The van der Waals surface area contributed by atoms with Crippen LogP contribution in [0, 0.1) is 5.92 Å². The molecular weight excluding hydrogens is 394 g/mol. The molecule has 2 rings (SSSR count). The average Bonchev–Trinajstić information content (AvgIpc) is 2.77. The van der Waals surface area contributed by atoms with Crippen molar-refractivity contribution in [3.8, 4) is 0 Å². The fraction of sp³-hybridized carbons (Fsp3) is 0.375. The number of esters is 1. The number of carbonyl (C=O) groups excluding carboxylic acids is 3. The largest absolute Gasteiger partial charge is 0.467 e. The average molecular weight is 426 g/mol. The third-order valence-electron chi connectivity index (χ3n) is 4.87. The zero-order valence-corrected chi connectivity index (χ0v) is 18.3. The predicted octanol–water partition coefficient (Wildman–Crippen LogP) is 2.06. The Hall–Kier alpha value is -3.03. The highest BCUT2D eigenvalue weighted by Crippen LogP contribution is 2.14. The summed E-state index contributed by atoms with van der Waals surface area (Å²) in [4.78, 5) is 37.9. The van der Waals surface area contributed by atoms with Gasteiger partial charge in [0.05, 0.1) is 13.7 Å². The van der Waals surface area contributed by atoms with E-state index in [0.717, 1.165) is 5.56 Å². The minimum atomic E-state index is -1.53. The van der Waals surface area contributed by atoms with Crippen LogP contribution in [0.3, 0.4) is 0 Å². The standard InChI is InChI=1S/C24H31N3O4/c1-17(2)15-24(25,26-16-21(28)19-12-8-5-9-13-19)23(30)27-20(22(29)31-3)14-18-10-6-4-7-11-18/h4-13,17,20,26H,14-16,25H2,1-3H3,(H,27,30). The summed E-state index contributed by atoms with van der Waals surface area (Å²) < 4.78 is 4.87. The summed E-state index contributed by atoms with van der Waals surface area (Å²) in [7, 11) is 1.27. The highest BCUT2D eigenvalue weighted by Gasteiger charge is 2.37. The molecule has 2 aromatic carbocycles. The van der Waals surface area contributed by atoms with Gasteiger partial charge in [0.2, 0.25) is 0 Å². The van der Waals surface area contributed by atoms with E-state index in [9.17, 15) is 14.4 Å². The highest BCUT2D eigenvalue weighted by atomic mass is 16.5. The Morgan fingerprint density at radius 1 is 1.00 bits per heavy atom. The molecule has 7 heteroatoms. The molecular formula is C24H31N3O4. The van der Waals surface area contributed by atoms with Crippen LogP contribution in [0.5, 0.6) is 0 Å². The molecule has 2 unspecified atom stereocenters. The summed E-state index contributed by atoms with van der Waals surface area (Å²) in [5.41, 5.74) is 6.30. The molecule has 0 aliphatic heterocycles. The van der Waals surface area contributed by atoms with E-state index in [1.807, 2.05) is 50.2 Å². The van der Waals surface area contributed by atoms with Crippen molar-refractivity contribution >= 4 is 17.7 Å². The van der Waals surface area contributed by atoms with Gasteiger partial charge in [-0.05, 0) is 17.9 Å². The summed E-state index contributed by atoms with van der Waals surface area (Å²) in [5.74, 6) is -1.24. The van der Waals surface area contributed by atoms with Gasteiger partial charge in [0.15, 0.2) is 5.78 Å². The Kier molecular flexibility index (Phi) is 8.90. The number of hydrogen-bond acceptors (Lipinski definition) is 6. The van der Waals surface area contributed by atoms with Gasteiger partial charge in [-0.15, -0.1) is 0 Å². The molecule has 0 fully saturated rings. The number of ketones is 1. The lowest BCUT2D eigenvalue weighted by Crippen LogP contribution is -2.66. The van der Waals surface area contributed by atoms with Crippen molar-refractivity contribution in [1.82, 2.24) is 10.6 Å².